The van der Waals surface area contributed by atoms with Crippen molar-refractivity contribution in [1.29, 1.82) is 0 Å². The van der Waals surface area contributed by atoms with Crippen LogP contribution in [0.4, 0.5) is 0 Å². The summed E-state index contributed by atoms with van der Waals surface area (Å²) in [6.45, 7) is 0. The Morgan fingerprint density at radius 2 is 1.88 bits per heavy atom. The van der Waals surface area contributed by atoms with Crippen LogP contribution in [0.5, 0.6) is 0 Å². The van der Waals surface area contributed by atoms with Crippen LogP contribution in [0.2, 0.25) is 10.4 Å². The number of aromatic nitrogens is 3. The quantitative estimate of drug-likeness (QED) is 0.827. The van der Waals surface area contributed by atoms with Crippen LogP contribution in [0.3, 0.4) is 0 Å². The molecule has 1 aromatic heterocycles. The van der Waals surface area contributed by atoms with Gasteiger partial charge in [-0.15, -0.1) is 10.2 Å². The van der Waals surface area contributed by atoms with Gasteiger partial charge in [-0.05, 0) is 39.7 Å². The fraction of sp³-hybridized carbons (Fsp3) is 0. The number of nitrogens with zero attached hydrogens (tertiary/aromatic N) is 3. The van der Waals surface area contributed by atoms with Gasteiger partial charge in [0.25, 0.3) is 0 Å². The van der Waals surface area contributed by atoms with Crippen molar-refractivity contribution in [2.45, 2.75) is 9.92 Å². The third-order valence-corrected chi connectivity index (χ3v) is 4.17. The van der Waals surface area contributed by atoms with Gasteiger partial charge in [0.05, 0.1) is 0 Å². The number of rotatable bonds is 2. The van der Waals surface area contributed by atoms with E-state index in [1.165, 1.54) is 11.8 Å². The van der Waals surface area contributed by atoms with Crippen molar-refractivity contribution in [3.63, 3.8) is 0 Å². The molecule has 0 spiro atoms. The SMILES string of the molecule is Clc1nnc(Cl)c(Sc2ccccc2Br)n1. The minimum absolute atomic E-state index is 0.0824. The molecule has 0 atom stereocenters. The molecule has 16 heavy (non-hydrogen) atoms. The second-order valence-corrected chi connectivity index (χ2v) is 5.29. The Balaban J connectivity index is 2.34. The van der Waals surface area contributed by atoms with Gasteiger partial charge in [-0.3, -0.25) is 0 Å². The fourth-order valence-corrected chi connectivity index (χ4v) is 2.65. The normalized spacial score (nSPS) is 10.4. The molecule has 0 saturated carbocycles. The predicted molar refractivity (Wildman–Crippen MR) is 68.1 cm³/mol. The maximum Gasteiger partial charge on any atom is 0.244 e. The highest BCUT2D eigenvalue weighted by Gasteiger charge is 2.09. The van der Waals surface area contributed by atoms with Crippen LogP contribution in [-0.2, 0) is 0 Å². The van der Waals surface area contributed by atoms with Crippen LogP contribution in [-0.4, -0.2) is 15.2 Å². The number of halogens is 3. The molecule has 3 nitrogen and oxygen atoms in total. The summed E-state index contributed by atoms with van der Waals surface area (Å²) in [4.78, 5) is 5.00. The smallest absolute Gasteiger partial charge is 0.206 e. The minimum atomic E-state index is 0.0824. The fourth-order valence-electron chi connectivity index (χ4n) is 0.977. The van der Waals surface area contributed by atoms with E-state index >= 15 is 0 Å². The van der Waals surface area contributed by atoms with E-state index in [0.29, 0.717) is 5.03 Å². The minimum Gasteiger partial charge on any atom is -0.206 e. The first-order valence-electron chi connectivity index (χ1n) is 4.15. The molecule has 82 valence electrons. The predicted octanol–water partition coefficient (Wildman–Crippen LogP) is 4.09. The van der Waals surface area contributed by atoms with Crippen molar-refractivity contribution < 1.29 is 0 Å². The number of hydrogen-bond donors (Lipinski definition) is 0. The summed E-state index contributed by atoms with van der Waals surface area (Å²) in [6, 6.07) is 7.74. The largest absolute Gasteiger partial charge is 0.244 e. The first kappa shape index (κ1) is 12.1. The molecule has 0 bridgehead atoms. The Bertz CT molecular complexity index is 524. The van der Waals surface area contributed by atoms with Crippen molar-refractivity contribution in [3.8, 4) is 0 Å². The highest BCUT2D eigenvalue weighted by Crippen LogP contribution is 2.34. The first-order chi connectivity index (χ1) is 7.66. The summed E-state index contributed by atoms with van der Waals surface area (Å²) in [7, 11) is 0. The van der Waals surface area contributed by atoms with Gasteiger partial charge >= 0.3 is 0 Å². The van der Waals surface area contributed by atoms with Crippen molar-refractivity contribution in [1.82, 2.24) is 15.2 Å². The second-order valence-electron chi connectivity index (χ2n) is 2.71. The Morgan fingerprint density at radius 1 is 1.12 bits per heavy atom. The van der Waals surface area contributed by atoms with Gasteiger partial charge in [-0.1, -0.05) is 35.5 Å². The van der Waals surface area contributed by atoms with Gasteiger partial charge in [0.2, 0.25) is 5.28 Å². The van der Waals surface area contributed by atoms with Crippen LogP contribution >= 0.6 is 50.9 Å². The van der Waals surface area contributed by atoms with E-state index in [1.54, 1.807) is 0 Å². The topological polar surface area (TPSA) is 38.7 Å². The lowest BCUT2D eigenvalue weighted by atomic mass is 10.4. The van der Waals surface area contributed by atoms with Crippen molar-refractivity contribution in [2.24, 2.45) is 0 Å². The van der Waals surface area contributed by atoms with E-state index in [-0.39, 0.29) is 10.4 Å². The van der Waals surface area contributed by atoms with E-state index in [2.05, 4.69) is 31.1 Å². The van der Waals surface area contributed by atoms with Gasteiger partial charge in [-0.2, -0.15) is 0 Å². The highest BCUT2D eigenvalue weighted by atomic mass is 79.9. The summed E-state index contributed by atoms with van der Waals surface area (Å²) < 4.78 is 0.964. The number of hydrogen-bond acceptors (Lipinski definition) is 4. The molecule has 0 unspecified atom stereocenters. The molecule has 0 fully saturated rings. The molecule has 0 radical (unpaired) electrons. The summed E-state index contributed by atoms with van der Waals surface area (Å²) in [5.74, 6) is 0. The summed E-state index contributed by atoms with van der Waals surface area (Å²) >= 11 is 16.3. The molecule has 2 rings (SSSR count). The Morgan fingerprint density at radius 3 is 2.62 bits per heavy atom. The molecule has 1 aromatic carbocycles. The highest BCUT2D eigenvalue weighted by molar-refractivity contribution is 9.10. The Labute approximate surface area is 115 Å². The Kier molecular flexibility index (Phi) is 4.02. The average molecular weight is 337 g/mol. The zero-order valence-corrected chi connectivity index (χ0v) is 11.6. The Hall–Kier alpha value is -0.360. The summed E-state index contributed by atoms with van der Waals surface area (Å²) in [6.07, 6.45) is 0. The van der Waals surface area contributed by atoms with Crippen LogP contribution in [0, 0.1) is 0 Å². The van der Waals surface area contributed by atoms with E-state index in [4.69, 9.17) is 23.2 Å². The summed E-state index contributed by atoms with van der Waals surface area (Å²) in [5.41, 5.74) is 0. The average Bonchev–Trinajstić information content (AvgIpc) is 2.27. The molecule has 0 aliphatic rings. The molecule has 1 heterocycles. The second kappa shape index (κ2) is 5.31. The maximum atomic E-state index is 5.87. The van der Waals surface area contributed by atoms with Gasteiger partial charge in [0.15, 0.2) is 5.15 Å². The van der Waals surface area contributed by atoms with Crippen molar-refractivity contribution in [3.05, 3.63) is 39.2 Å². The van der Waals surface area contributed by atoms with Crippen molar-refractivity contribution >= 4 is 50.9 Å². The molecular formula is C9H4BrCl2N3S. The lowest BCUT2D eigenvalue weighted by Crippen LogP contribution is -1.91. The monoisotopic (exact) mass is 335 g/mol. The van der Waals surface area contributed by atoms with Gasteiger partial charge in [-0.25, -0.2) is 4.98 Å². The molecule has 0 saturated heterocycles. The molecular weight excluding hydrogens is 333 g/mol. The molecule has 0 amide bonds. The van der Waals surface area contributed by atoms with Gasteiger partial charge in [0, 0.05) is 9.37 Å². The van der Waals surface area contributed by atoms with Crippen molar-refractivity contribution in [2.75, 3.05) is 0 Å². The van der Waals surface area contributed by atoms with E-state index in [0.717, 1.165) is 9.37 Å². The standard InChI is InChI=1S/C9H4BrCl2N3S/c10-5-3-1-2-4-6(5)16-8-7(11)14-15-9(12)13-8/h1-4H. The zero-order chi connectivity index (χ0) is 11.5. The first-order valence-corrected chi connectivity index (χ1v) is 6.51. The molecule has 2 aromatic rings. The van der Waals surface area contributed by atoms with E-state index in [1.807, 2.05) is 24.3 Å². The van der Waals surface area contributed by atoms with Crippen LogP contribution in [0.15, 0.2) is 38.7 Å². The van der Waals surface area contributed by atoms with Gasteiger partial charge < -0.3 is 0 Å². The van der Waals surface area contributed by atoms with E-state index in [9.17, 15) is 0 Å². The third-order valence-electron chi connectivity index (χ3n) is 1.63. The molecule has 0 N–H and O–H groups in total. The number of benzene rings is 1. The van der Waals surface area contributed by atoms with E-state index < -0.39 is 0 Å². The van der Waals surface area contributed by atoms with Crippen LogP contribution in [0.1, 0.15) is 0 Å². The van der Waals surface area contributed by atoms with Crippen LogP contribution in [0.25, 0.3) is 0 Å². The lowest BCUT2D eigenvalue weighted by molar-refractivity contribution is 0.904. The van der Waals surface area contributed by atoms with Crippen LogP contribution < -0.4 is 0 Å². The molecule has 0 aliphatic heterocycles. The molecule has 0 aliphatic carbocycles. The molecule has 7 heteroatoms. The third kappa shape index (κ3) is 2.85. The zero-order valence-electron chi connectivity index (χ0n) is 7.69. The van der Waals surface area contributed by atoms with Gasteiger partial charge in [0.1, 0.15) is 5.03 Å². The lowest BCUT2D eigenvalue weighted by Gasteiger charge is -2.03. The maximum absolute atomic E-state index is 5.87. The summed E-state index contributed by atoms with van der Waals surface area (Å²) in [5, 5.41) is 8.10.